The molecule has 0 aliphatic heterocycles. The molecular formula is C13H15NO4S. The van der Waals surface area contributed by atoms with Crippen LogP contribution >= 0.6 is 11.8 Å². The van der Waals surface area contributed by atoms with Crippen molar-refractivity contribution in [1.82, 2.24) is 5.32 Å². The highest BCUT2D eigenvalue weighted by molar-refractivity contribution is 8.14. The smallest absolute Gasteiger partial charge is 0.325 e. The lowest BCUT2D eigenvalue weighted by atomic mass is 10.2. The van der Waals surface area contributed by atoms with E-state index in [2.05, 4.69) is 5.32 Å². The van der Waals surface area contributed by atoms with E-state index in [1.165, 1.54) is 6.92 Å². The third kappa shape index (κ3) is 5.56. The number of thioether (sulfide) groups is 1. The number of benzene rings is 1. The Kier molecular flexibility index (Phi) is 6.08. The fourth-order valence-electron chi connectivity index (χ4n) is 1.27. The summed E-state index contributed by atoms with van der Waals surface area (Å²) in [6.07, 6.45) is 0.112. The topological polar surface area (TPSA) is 83.5 Å². The fraction of sp³-hybridized carbons (Fsp3) is 0.308. The van der Waals surface area contributed by atoms with Crippen molar-refractivity contribution >= 4 is 28.8 Å². The number of nitrogens with one attached hydrogen (secondary N) is 1. The zero-order chi connectivity index (χ0) is 14.3. The molecule has 0 fully saturated rings. The summed E-state index contributed by atoms with van der Waals surface area (Å²) in [7, 11) is 0. The second-order valence-corrected chi connectivity index (χ2v) is 4.95. The molecular weight excluding hydrogens is 266 g/mol. The van der Waals surface area contributed by atoms with E-state index in [0.29, 0.717) is 11.3 Å². The molecule has 1 aromatic rings. The van der Waals surface area contributed by atoms with E-state index in [-0.39, 0.29) is 17.4 Å². The summed E-state index contributed by atoms with van der Waals surface area (Å²) in [5.74, 6) is -1.13. The number of carboxylic acids is 1. The average Bonchev–Trinajstić information content (AvgIpc) is 2.39. The lowest BCUT2D eigenvalue weighted by Gasteiger charge is -2.08. The first-order chi connectivity index (χ1) is 9.00. The summed E-state index contributed by atoms with van der Waals surface area (Å²) in [5, 5.41) is 10.9. The molecule has 2 N–H and O–H groups in total. The molecule has 0 bridgehead atoms. The number of carbonyl (C=O) groups is 3. The maximum absolute atomic E-state index is 11.7. The second kappa shape index (κ2) is 7.58. The van der Waals surface area contributed by atoms with E-state index in [0.717, 1.165) is 11.8 Å². The normalized spacial score (nSPS) is 11.6. The summed E-state index contributed by atoms with van der Waals surface area (Å²) in [6, 6.07) is 7.87. The Morgan fingerprint density at radius 3 is 2.47 bits per heavy atom. The zero-order valence-electron chi connectivity index (χ0n) is 10.5. The number of rotatable bonds is 6. The molecule has 6 heteroatoms. The maximum atomic E-state index is 11.7. The van der Waals surface area contributed by atoms with Gasteiger partial charge in [-0.3, -0.25) is 14.4 Å². The zero-order valence-corrected chi connectivity index (χ0v) is 11.3. The monoisotopic (exact) mass is 281 g/mol. The molecule has 0 radical (unpaired) electrons. The van der Waals surface area contributed by atoms with E-state index in [1.54, 1.807) is 24.3 Å². The Labute approximate surface area is 115 Å². The average molecular weight is 281 g/mol. The Morgan fingerprint density at radius 2 is 1.89 bits per heavy atom. The van der Waals surface area contributed by atoms with E-state index >= 15 is 0 Å². The number of carboxylic acid groups (broad SMARTS) is 1. The third-order valence-electron chi connectivity index (χ3n) is 2.32. The minimum atomic E-state index is -1.08. The number of carbonyl (C=O) groups excluding carboxylic acids is 2. The summed E-state index contributed by atoms with van der Waals surface area (Å²) in [4.78, 5) is 33.6. The molecule has 1 rings (SSSR count). The molecule has 0 aliphatic carbocycles. The standard InChI is InChI=1S/C13H15NO4S/c1-9(12(16)17)14-11(15)7-8-19-13(18)10-5-3-2-4-6-10/h2-6,9H,7-8H2,1H3,(H,14,15)(H,16,17). The molecule has 0 aromatic heterocycles. The van der Waals surface area contributed by atoms with Gasteiger partial charge in [0.1, 0.15) is 6.04 Å². The van der Waals surface area contributed by atoms with Crippen LogP contribution in [0.4, 0.5) is 0 Å². The van der Waals surface area contributed by atoms with Crippen molar-refractivity contribution in [3.05, 3.63) is 35.9 Å². The predicted molar refractivity (Wildman–Crippen MR) is 73.1 cm³/mol. The minimum absolute atomic E-state index is 0.0975. The lowest BCUT2D eigenvalue weighted by Crippen LogP contribution is -2.38. The van der Waals surface area contributed by atoms with Crippen LogP contribution in [0.25, 0.3) is 0 Å². The fourth-order valence-corrected chi connectivity index (χ4v) is 2.04. The first-order valence-electron chi connectivity index (χ1n) is 5.75. The van der Waals surface area contributed by atoms with Gasteiger partial charge in [-0.15, -0.1) is 0 Å². The van der Waals surface area contributed by atoms with Gasteiger partial charge in [0.25, 0.3) is 0 Å². The van der Waals surface area contributed by atoms with Crippen molar-refractivity contribution in [2.24, 2.45) is 0 Å². The van der Waals surface area contributed by atoms with Gasteiger partial charge in [0.2, 0.25) is 11.0 Å². The van der Waals surface area contributed by atoms with Crippen LogP contribution in [0.2, 0.25) is 0 Å². The molecule has 1 unspecified atom stereocenters. The van der Waals surface area contributed by atoms with Gasteiger partial charge in [-0.05, 0) is 6.92 Å². The van der Waals surface area contributed by atoms with Crippen LogP contribution in [0.3, 0.4) is 0 Å². The van der Waals surface area contributed by atoms with Crippen LogP contribution in [-0.4, -0.2) is 33.9 Å². The summed E-state index contributed by atoms with van der Waals surface area (Å²) < 4.78 is 0. The van der Waals surface area contributed by atoms with E-state index in [4.69, 9.17) is 5.11 Å². The third-order valence-corrected chi connectivity index (χ3v) is 3.23. The van der Waals surface area contributed by atoms with Gasteiger partial charge in [0.15, 0.2) is 0 Å². The van der Waals surface area contributed by atoms with Crippen molar-refractivity contribution < 1.29 is 19.5 Å². The molecule has 0 saturated heterocycles. The molecule has 0 spiro atoms. The molecule has 5 nitrogen and oxygen atoms in total. The highest BCUT2D eigenvalue weighted by Crippen LogP contribution is 2.12. The molecule has 1 amide bonds. The predicted octanol–water partition coefficient (Wildman–Crippen LogP) is 1.54. The Morgan fingerprint density at radius 1 is 1.26 bits per heavy atom. The highest BCUT2D eigenvalue weighted by atomic mass is 32.2. The molecule has 19 heavy (non-hydrogen) atoms. The molecule has 1 aromatic carbocycles. The maximum Gasteiger partial charge on any atom is 0.325 e. The molecule has 102 valence electrons. The van der Waals surface area contributed by atoms with E-state index in [1.807, 2.05) is 6.07 Å². The Balaban J connectivity index is 2.29. The number of aliphatic carboxylic acids is 1. The highest BCUT2D eigenvalue weighted by Gasteiger charge is 2.14. The van der Waals surface area contributed by atoms with Crippen molar-refractivity contribution in [2.75, 3.05) is 5.75 Å². The summed E-state index contributed by atoms with van der Waals surface area (Å²) in [5.41, 5.74) is 0.590. The van der Waals surface area contributed by atoms with Crippen molar-refractivity contribution in [1.29, 1.82) is 0 Å². The van der Waals surface area contributed by atoms with Gasteiger partial charge >= 0.3 is 5.97 Å². The molecule has 0 saturated carbocycles. The quantitative estimate of drug-likeness (QED) is 0.826. The first kappa shape index (κ1) is 15.2. The van der Waals surface area contributed by atoms with Gasteiger partial charge in [-0.2, -0.15) is 0 Å². The van der Waals surface area contributed by atoms with Crippen LogP contribution in [0.15, 0.2) is 30.3 Å². The second-order valence-electron chi connectivity index (χ2n) is 3.88. The lowest BCUT2D eigenvalue weighted by molar-refractivity contribution is -0.141. The first-order valence-corrected chi connectivity index (χ1v) is 6.73. The van der Waals surface area contributed by atoms with Crippen LogP contribution in [0, 0.1) is 0 Å². The van der Waals surface area contributed by atoms with Gasteiger partial charge in [0.05, 0.1) is 0 Å². The van der Waals surface area contributed by atoms with E-state index in [9.17, 15) is 14.4 Å². The van der Waals surface area contributed by atoms with Crippen LogP contribution in [0.5, 0.6) is 0 Å². The van der Waals surface area contributed by atoms with Crippen molar-refractivity contribution in [3.8, 4) is 0 Å². The summed E-state index contributed by atoms with van der Waals surface area (Å²) >= 11 is 1.05. The van der Waals surface area contributed by atoms with Crippen molar-refractivity contribution in [3.63, 3.8) is 0 Å². The molecule has 0 heterocycles. The molecule has 1 atom stereocenters. The van der Waals surface area contributed by atoms with Crippen molar-refractivity contribution in [2.45, 2.75) is 19.4 Å². The van der Waals surface area contributed by atoms with Gasteiger partial charge < -0.3 is 10.4 Å². The Bertz CT molecular complexity index is 461. The van der Waals surface area contributed by atoms with Crippen LogP contribution in [-0.2, 0) is 9.59 Å². The SMILES string of the molecule is CC(NC(=O)CCSC(=O)c1ccccc1)C(=O)O. The number of hydrogen-bond acceptors (Lipinski definition) is 4. The largest absolute Gasteiger partial charge is 0.480 e. The van der Waals surface area contributed by atoms with E-state index < -0.39 is 12.0 Å². The Hall–Kier alpha value is -1.82. The minimum Gasteiger partial charge on any atom is -0.480 e. The van der Waals surface area contributed by atoms with Gasteiger partial charge in [0, 0.05) is 17.7 Å². The number of amides is 1. The van der Waals surface area contributed by atoms with Gasteiger partial charge in [-0.25, -0.2) is 0 Å². The number of hydrogen-bond donors (Lipinski definition) is 2. The van der Waals surface area contributed by atoms with Gasteiger partial charge in [-0.1, -0.05) is 42.1 Å². The summed E-state index contributed by atoms with van der Waals surface area (Å²) in [6.45, 7) is 1.39. The molecule has 0 aliphatic rings. The van der Waals surface area contributed by atoms with Crippen LogP contribution in [0.1, 0.15) is 23.7 Å². The van der Waals surface area contributed by atoms with Crippen LogP contribution < -0.4 is 5.32 Å².